The smallest absolute Gasteiger partial charge is 0.156 e. The van der Waals surface area contributed by atoms with Gasteiger partial charge >= 0.3 is 0 Å². The molecule has 3 nitrogen and oxygen atoms in total. The molecule has 6 rings (SSSR count). The number of aromatic nitrogens is 1. The van der Waals surface area contributed by atoms with E-state index in [1.54, 1.807) is 11.1 Å². The van der Waals surface area contributed by atoms with Crippen molar-refractivity contribution in [3.8, 4) is 0 Å². The van der Waals surface area contributed by atoms with E-state index in [4.69, 9.17) is 0 Å². The van der Waals surface area contributed by atoms with Crippen LogP contribution in [0.1, 0.15) is 80.9 Å². The van der Waals surface area contributed by atoms with Crippen LogP contribution in [0.3, 0.4) is 0 Å². The zero-order valence-electron chi connectivity index (χ0n) is 20.4. The molecule has 1 aromatic carbocycles. The lowest BCUT2D eigenvalue weighted by Crippen LogP contribution is -2.37. The summed E-state index contributed by atoms with van der Waals surface area (Å²) in [4.78, 5) is 16.8. The molecule has 4 aliphatic carbocycles. The fraction of sp³-hybridized carbons (Fsp3) is 0.484. The summed E-state index contributed by atoms with van der Waals surface area (Å²) in [5, 5.41) is 3.53. The van der Waals surface area contributed by atoms with E-state index in [1.165, 1.54) is 60.8 Å². The van der Waals surface area contributed by atoms with Crippen molar-refractivity contribution < 1.29 is 4.79 Å². The number of ketones is 1. The first-order valence-corrected chi connectivity index (χ1v) is 13.3. The molecule has 176 valence electrons. The Bertz CT molecular complexity index is 1130. The summed E-state index contributed by atoms with van der Waals surface area (Å²) < 4.78 is 0. The Balaban J connectivity index is 1.24. The first-order chi connectivity index (χ1) is 16.6. The summed E-state index contributed by atoms with van der Waals surface area (Å²) in [5.74, 6) is 2.17. The van der Waals surface area contributed by atoms with Crippen LogP contribution in [-0.4, -0.2) is 10.8 Å². The van der Waals surface area contributed by atoms with Gasteiger partial charge in [-0.15, -0.1) is 0 Å². The Labute approximate surface area is 203 Å². The zero-order chi connectivity index (χ0) is 23.1. The standard InChI is InChI=1S/C31H36N2O/c1-31-13-2-3-29(31)26-9-8-24-17-25(34)18-28(30(24)27(26)10-14-31)23-6-4-21(5-7-23)19-33-20-22-11-15-32-16-12-22/h4-7,11-12,15-17,26,28-29,33H,2-3,8-10,13-14,18-20H2,1H3/t26-,28?,29+,31+/m1/s1. The highest BCUT2D eigenvalue weighted by Gasteiger charge is 2.49. The first kappa shape index (κ1) is 22.0. The van der Waals surface area contributed by atoms with Crippen molar-refractivity contribution in [1.82, 2.24) is 10.3 Å². The molecule has 0 bridgehead atoms. The van der Waals surface area contributed by atoms with Crippen molar-refractivity contribution in [3.63, 3.8) is 0 Å². The number of rotatable bonds is 5. The maximum Gasteiger partial charge on any atom is 0.156 e. The molecule has 2 fully saturated rings. The van der Waals surface area contributed by atoms with Gasteiger partial charge in [0, 0.05) is 37.8 Å². The highest BCUT2D eigenvalue weighted by Crippen LogP contribution is 2.61. The van der Waals surface area contributed by atoms with Crippen LogP contribution in [0.25, 0.3) is 0 Å². The number of carbonyl (C=O) groups is 1. The molecule has 2 aromatic rings. The van der Waals surface area contributed by atoms with Gasteiger partial charge in [0.05, 0.1) is 0 Å². The van der Waals surface area contributed by atoms with Gasteiger partial charge in [0.1, 0.15) is 0 Å². The minimum absolute atomic E-state index is 0.245. The summed E-state index contributed by atoms with van der Waals surface area (Å²) in [6, 6.07) is 13.2. The van der Waals surface area contributed by atoms with Gasteiger partial charge in [-0.2, -0.15) is 0 Å². The van der Waals surface area contributed by atoms with Crippen LogP contribution in [0, 0.1) is 17.3 Å². The normalized spacial score (nSPS) is 30.4. The molecule has 0 saturated heterocycles. The lowest BCUT2D eigenvalue weighted by molar-refractivity contribution is -0.115. The third-order valence-corrected chi connectivity index (χ3v) is 9.35. The third kappa shape index (κ3) is 3.98. The minimum Gasteiger partial charge on any atom is -0.309 e. The molecule has 2 saturated carbocycles. The molecule has 4 aliphatic rings. The second-order valence-electron chi connectivity index (χ2n) is 11.3. The van der Waals surface area contributed by atoms with Gasteiger partial charge in [-0.1, -0.05) is 43.2 Å². The number of nitrogens with zero attached hydrogens (tertiary/aromatic N) is 1. The SMILES string of the molecule is C[C@@]12CCC[C@H]1[C@@H]1CCC3=CC(=O)CC(c4ccc(CNCc5ccncc5)cc4)C3=C1CC2. The molecule has 0 radical (unpaired) electrons. The van der Waals surface area contributed by atoms with Crippen LogP contribution in [0.5, 0.6) is 0 Å². The molecule has 0 aliphatic heterocycles. The number of pyridine rings is 1. The third-order valence-electron chi connectivity index (χ3n) is 9.35. The van der Waals surface area contributed by atoms with Crippen LogP contribution < -0.4 is 5.32 Å². The topological polar surface area (TPSA) is 42.0 Å². The summed E-state index contributed by atoms with van der Waals surface area (Å²) >= 11 is 0. The van der Waals surface area contributed by atoms with Gasteiger partial charge in [-0.05, 0) is 102 Å². The van der Waals surface area contributed by atoms with Crippen LogP contribution in [0.4, 0.5) is 0 Å². The summed E-state index contributed by atoms with van der Waals surface area (Å²) in [5.41, 5.74) is 9.06. The van der Waals surface area contributed by atoms with Gasteiger partial charge in [-0.25, -0.2) is 0 Å². The Morgan fingerprint density at radius 3 is 2.53 bits per heavy atom. The van der Waals surface area contributed by atoms with Crippen molar-refractivity contribution in [2.24, 2.45) is 17.3 Å². The largest absolute Gasteiger partial charge is 0.309 e. The molecule has 1 unspecified atom stereocenters. The fourth-order valence-electron chi connectivity index (χ4n) is 7.63. The van der Waals surface area contributed by atoms with Crippen LogP contribution in [0.2, 0.25) is 0 Å². The Kier molecular flexibility index (Phi) is 5.77. The van der Waals surface area contributed by atoms with Gasteiger partial charge in [0.25, 0.3) is 0 Å². The second-order valence-corrected chi connectivity index (χ2v) is 11.3. The molecule has 1 heterocycles. The average molecular weight is 453 g/mol. The number of fused-ring (bicyclic) bond motifs is 4. The van der Waals surface area contributed by atoms with Gasteiger partial charge in [0.15, 0.2) is 5.78 Å². The van der Waals surface area contributed by atoms with E-state index in [0.29, 0.717) is 17.6 Å². The highest BCUT2D eigenvalue weighted by atomic mass is 16.1. The predicted molar refractivity (Wildman–Crippen MR) is 136 cm³/mol. The summed E-state index contributed by atoms with van der Waals surface area (Å²) in [7, 11) is 0. The maximum atomic E-state index is 12.7. The van der Waals surface area contributed by atoms with Crippen LogP contribution >= 0.6 is 0 Å². The van der Waals surface area contributed by atoms with E-state index in [1.807, 2.05) is 30.6 Å². The van der Waals surface area contributed by atoms with Crippen molar-refractivity contribution in [2.45, 2.75) is 77.3 Å². The van der Waals surface area contributed by atoms with E-state index in [0.717, 1.165) is 31.3 Å². The Hall–Kier alpha value is -2.52. The zero-order valence-corrected chi connectivity index (χ0v) is 20.4. The van der Waals surface area contributed by atoms with E-state index >= 15 is 0 Å². The van der Waals surface area contributed by atoms with E-state index in [2.05, 4.69) is 41.5 Å². The molecule has 0 amide bonds. The van der Waals surface area contributed by atoms with Gasteiger partial charge < -0.3 is 5.32 Å². The Morgan fingerprint density at radius 1 is 0.971 bits per heavy atom. The number of hydrogen-bond acceptors (Lipinski definition) is 3. The minimum atomic E-state index is 0.245. The Morgan fingerprint density at radius 2 is 1.74 bits per heavy atom. The van der Waals surface area contributed by atoms with Gasteiger partial charge in [0.2, 0.25) is 0 Å². The quantitative estimate of drug-likeness (QED) is 0.551. The molecule has 4 atom stereocenters. The summed E-state index contributed by atoms with van der Waals surface area (Å²) in [6.07, 6.45) is 15.5. The van der Waals surface area contributed by atoms with Crippen molar-refractivity contribution in [2.75, 3.05) is 0 Å². The van der Waals surface area contributed by atoms with Crippen LogP contribution in [-0.2, 0) is 17.9 Å². The fourth-order valence-corrected chi connectivity index (χ4v) is 7.63. The first-order valence-electron chi connectivity index (χ1n) is 13.3. The number of allylic oxidation sites excluding steroid dienone is 4. The lowest BCUT2D eigenvalue weighted by Gasteiger charge is -2.48. The average Bonchev–Trinajstić information content (AvgIpc) is 3.26. The maximum absolute atomic E-state index is 12.7. The second kappa shape index (κ2) is 8.92. The van der Waals surface area contributed by atoms with Crippen molar-refractivity contribution >= 4 is 5.78 Å². The molecular formula is C31H36N2O. The van der Waals surface area contributed by atoms with E-state index < -0.39 is 0 Å². The number of benzene rings is 1. The molecular weight excluding hydrogens is 416 g/mol. The van der Waals surface area contributed by atoms with E-state index in [-0.39, 0.29) is 5.92 Å². The van der Waals surface area contributed by atoms with Crippen molar-refractivity contribution in [1.29, 1.82) is 0 Å². The van der Waals surface area contributed by atoms with E-state index in [9.17, 15) is 4.79 Å². The number of nitrogens with one attached hydrogen (secondary N) is 1. The summed E-state index contributed by atoms with van der Waals surface area (Å²) in [6.45, 7) is 4.24. The lowest BCUT2D eigenvalue weighted by atomic mass is 9.56. The van der Waals surface area contributed by atoms with Crippen molar-refractivity contribution in [3.05, 3.63) is 88.3 Å². The molecule has 34 heavy (non-hydrogen) atoms. The molecule has 0 spiro atoms. The monoisotopic (exact) mass is 452 g/mol. The number of hydrogen-bond donors (Lipinski definition) is 1. The highest BCUT2D eigenvalue weighted by molar-refractivity contribution is 5.94. The molecule has 1 aromatic heterocycles. The van der Waals surface area contributed by atoms with Crippen LogP contribution in [0.15, 0.2) is 71.6 Å². The molecule has 1 N–H and O–H groups in total. The number of carbonyl (C=O) groups excluding carboxylic acids is 1. The van der Waals surface area contributed by atoms with Gasteiger partial charge in [-0.3, -0.25) is 9.78 Å². The molecule has 3 heteroatoms. The predicted octanol–water partition coefficient (Wildman–Crippen LogP) is 6.66.